The lowest BCUT2D eigenvalue weighted by molar-refractivity contribution is 0.0647. The summed E-state index contributed by atoms with van der Waals surface area (Å²) < 4.78 is 24.3. The van der Waals surface area contributed by atoms with Gasteiger partial charge in [0.25, 0.3) is 0 Å². The van der Waals surface area contributed by atoms with E-state index in [-0.39, 0.29) is 25.3 Å². The Balaban J connectivity index is 1.98. The summed E-state index contributed by atoms with van der Waals surface area (Å²) in [5.41, 5.74) is 0. The van der Waals surface area contributed by atoms with Crippen molar-refractivity contribution in [1.82, 2.24) is 29.5 Å². The largest absolute Gasteiger partial charge is 0.469 e. The molecule has 2 heterocycles. The molecule has 2 aromatic heterocycles. The summed E-state index contributed by atoms with van der Waals surface area (Å²) in [7, 11) is -4.45. The van der Waals surface area contributed by atoms with Gasteiger partial charge in [-0.15, -0.1) is 0 Å². The third kappa shape index (κ3) is 8.61. The molecule has 12 heteroatoms. The van der Waals surface area contributed by atoms with Gasteiger partial charge in [-0.2, -0.15) is 10.2 Å². The zero-order valence-electron chi connectivity index (χ0n) is 17.7. The van der Waals surface area contributed by atoms with E-state index in [1.165, 1.54) is 31.9 Å². The number of hydrogen-bond acceptors (Lipinski definition) is 7. The minimum Gasteiger partial charge on any atom is -0.379 e. The molecule has 0 spiro atoms. The van der Waals surface area contributed by atoms with Gasteiger partial charge in [0.2, 0.25) is 0 Å². The molecular weight excluding hydrogens is 411 g/mol. The van der Waals surface area contributed by atoms with Gasteiger partial charge in [0.15, 0.2) is 0 Å². The van der Waals surface area contributed by atoms with Crippen molar-refractivity contribution < 1.29 is 23.6 Å². The topological polar surface area (TPSA) is 137 Å². The molecule has 2 aromatic rings. The van der Waals surface area contributed by atoms with Crippen LogP contribution in [0.3, 0.4) is 0 Å². The van der Waals surface area contributed by atoms with Crippen molar-refractivity contribution in [3.05, 3.63) is 25.3 Å². The Morgan fingerprint density at radius 3 is 2.17 bits per heavy atom. The Kier molecular flexibility index (Phi) is 10.6. The quantitative estimate of drug-likeness (QED) is 0.296. The Labute approximate surface area is 177 Å². The van der Waals surface area contributed by atoms with Gasteiger partial charge in [-0.05, 0) is 18.8 Å². The maximum absolute atomic E-state index is 10.7. The SMILES string of the molecule is CCCCCCC(CCOCCOP(=O)(O)O)C(C)C(n1cncn1)n1cncn1. The lowest BCUT2D eigenvalue weighted by Crippen LogP contribution is -2.31. The molecule has 2 N–H and O–H groups in total. The summed E-state index contributed by atoms with van der Waals surface area (Å²) in [4.78, 5) is 25.6. The van der Waals surface area contributed by atoms with Crippen molar-refractivity contribution in [1.29, 1.82) is 0 Å². The average molecular weight is 444 g/mol. The molecule has 0 amide bonds. The maximum atomic E-state index is 10.7. The molecule has 2 rings (SSSR count). The highest BCUT2D eigenvalue weighted by Crippen LogP contribution is 2.35. The lowest BCUT2D eigenvalue weighted by atomic mass is 9.84. The summed E-state index contributed by atoms with van der Waals surface area (Å²) in [6.45, 7) is 4.85. The average Bonchev–Trinajstić information content (AvgIpc) is 3.40. The fourth-order valence-electron chi connectivity index (χ4n) is 3.61. The number of nitrogens with zero attached hydrogens (tertiary/aromatic N) is 6. The number of phosphoric acid groups is 1. The first-order valence-electron chi connectivity index (χ1n) is 10.4. The second kappa shape index (κ2) is 12.9. The van der Waals surface area contributed by atoms with E-state index in [1.807, 2.05) is 0 Å². The second-order valence-electron chi connectivity index (χ2n) is 7.36. The van der Waals surface area contributed by atoms with Gasteiger partial charge in [0, 0.05) is 12.5 Å². The van der Waals surface area contributed by atoms with Gasteiger partial charge in [-0.1, -0.05) is 39.5 Å². The molecule has 2 atom stereocenters. The molecule has 0 aliphatic rings. The Bertz CT molecular complexity index is 689. The van der Waals surface area contributed by atoms with E-state index in [4.69, 9.17) is 14.5 Å². The molecule has 0 aliphatic carbocycles. The zero-order valence-corrected chi connectivity index (χ0v) is 18.5. The van der Waals surface area contributed by atoms with Crippen LogP contribution in [0.5, 0.6) is 0 Å². The molecule has 170 valence electrons. The summed E-state index contributed by atoms with van der Waals surface area (Å²) in [6, 6.07) is 0. The highest BCUT2D eigenvalue weighted by atomic mass is 31.2. The fraction of sp³-hybridized carbons (Fsp3) is 0.778. The van der Waals surface area contributed by atoms with Crippen LogP contribution in [0.25, 0.3) is 0 Å². The predicted octanol–water partition coefficient (Wildman–Crippen LogP) is 2.66. The number of ether oxygens (including phenoxy) is 1. The van der Waals surface area contributed by atoms with Crippen LogP contribution in [0.1, 0.15) is 58.5 Å². The zero-order chi connectivity index (χ0) is 21.8. The first-order valence-corrected chi connectivity index (χ1v) is 11.9. The second-order valence-corrected chi connectivity index (χ2v) is 8.60. The van der Waals surface area contributed by atoms with E-state index in [1.54, 1.807) is 22.0 Å². The highest BCUT2D eigenvalue weighted by Gasteiger charge is 2.29. The van der Waals surface area contributed by atoms with Crippen LogP contribution in [0, 0.1) is 11.8 Å². The third-order valence-electron chi connectivity index (χ3n) is 5.18. The predicted molar refractivity (Wildman–Crippen MR) is 109 cm³/mol. The molecule has 0 aromatic carbocycles. The molecule has 0 aliphatic heterocycles. The van der Waals surface area contributed by atoms with E-state index in [0.717, 1.165) is 19.3 Å². The third-order valence-corrected chi connectivity index (χ3v) is 5.70. The van der Waals surface area contributed by atoms with Crippen LogP contribution < -0.4 is 0 Å². The van der Waals surface area contributed by atoms with E-state index in [2.05, 4.69) is 38.5 Å². The number of hydrogen-bond donors (Lipinski definition) is 2. The van der Waals surface area contributed by atoms with E-state index in [9.17, 15) is 4.57 Å². The summed E-state index contributed by atoms with van der Waals surface area (Å²) in [5, 5.41) is 8.65. The van der Waals surface area contributed by atoms with Gasteiger partial charge in [0.05, 0.1) is 13.2 Å². The van der Waals surface area contributed by atoms with Crippen molar-refractivity contribution in [3.63, 3.8) is 0 Å². The summed E-state index contributed by atoms with van der Waals surface area (Å²) >= 11 is 0. The van der Waals surface area contributed by atoms with Gasteiger partial charge in [-0.3, -0.25) is 4.52 Å². The molecule has 30 heavy (non-hydrogen) atoms. The van der Waals surface area contributed by atoms with Crippen LogP contribution in [-0.2, 0) is 13.8 Å². The van der Waals surface area contributed by atoms with Gasteiger partial charge in [0.1, 0.15) is 31.5 Å². The molecule has 0 fully saturated rings. The molecule has 0 radical (unpaired) electrons. The first kappa shape index (κ1) is 24.6. The highest BCUT2D eigenvalue weighted by molar-refractivity contribution is 7.46. The minimum absolute atomic E-state index is 0.137. The van der Waals surface area contributed by atoms with E-state index >= 15 is 0 Å². The monoisotopic (exact) mass is 444 g/mol. The van der Waals surface area contributed by atoms with Crippen LogP contribution in [0.4, 0.5) is 0 Å². The Hall–Kier alpha value is -1.65. The molecular formula is C18H33N6O5P. The van der Waals surface area contributed by atoms with E-state index < -0.39 is 7.82 Å². The fourth-order valence-corrected chi connectivity index (χ4v) is 3.92. The van der Waals surface area contributed by atoms with Crippen molar-refractivity contribution in [2.45, 2.75) is 58.5 Å². The standard InChI is InChI=1S/C18H33N6O5P/c1-3-4-5-6-7-17(8-9-28-10-11-29-30(25,26)27)16(2)18(23-14-19-12-21-23)24-15-20-13-22-24/h12-18H,3-11H2,1-2H3,(H2,25,26,27). The number of aromatic nitrogens is 6. The molecule has 0 saturated heterocycles. The molecule has 0 bridgehead atoms. The van der Waals surface area contributed by atoms with Gasteiger partial charge in [-0.25, -0.2) is 23.9 Å². The minimum atomic E-state index is -4.45. The van der Waals surface area contributed by atoms with E-state index in [0.29, 0.717) is 12.5 Å². The van der Waals surface area contributed by atoms with Crippen molar-refractivity contribution in [3.8, 4) is 0 Å². The lowest BCUT2D eigenvalue weighted by Gasteiger charge is -2.31. The van der Waals surface area contributed by atoms with Crippen LogP contribution in [0.2, 0.25) is 0 Å². The normalized spacial score (nSPS) is 14.3. The Morgan fingerprint density at radius 1 is 0.967 bits per heavy atom. The molecule has 2 unspecified atom stereocenters. The Morgan fingerprint density at radius 2 is 1.63 bits per heavy atom. The van der Waals surface area contributed by atoms with Crippen molar-refractivity contribution in [2.75, 3.05) is 19.8 Å². The van der Waals surface area contributed by atoms with Gasteiger partial charge >= 0.3 is 7.82 Å². The van der Waals surface area contributed by atoms with Crippen LogP contribution in [-0.4, -0.2) is 59.1 Å². The van der Waals surface area contributed by atoms with Crippen molar-refractivity contribution in [2.24, 2.45) is 11.8 Å². The number of phosphoric ester groups is 1. The van der Waals surface area contributed by atoms with Gasteiger partial charge < -0.3 is 14.5 Å². The number of unbranched alkanes of at least 4 members (excludes halogenated alkanes) is 3. The van der Waals surface area contributed by atoms with Crippen molar-refractivity contribution >= 4 is 7.82 Å². The molecule has 0 saturated carbocycles. The number of rotatable bonds is 16. The summed E-state index contributed by atoms with van der Waals surface area (Å²) in [6.07, 6.45) is 12.8. The smallest absolute Gasteiger partial charge is 0.379 e. The summed E-state index contributed by atoms with van der Waals surface area (Å²) in [5.74, 6) is 0.521. The maximum Gasteiger partial charge on any atom is 0.469 e. The first-order chi connectivity index (χ1) is 14.4. The molecule has 11 nitrogen and oxygen atoms in total. The van der Waals surface area contributed by atoms with Crippen LogP contribution in [0.15, 0.2) is 25.3 Å². The van der Waals surface area contributed by atoms with Crippen LogP contribution >= 0.6 is 7.82 Å².